The predicted molar refractivity (Wildman–Crippen MR) is 88.3 cm³/mol. The van der Waals surface area contributed by atoms with Gasteiger partial charge in [-0.2, -0.15) is 0 Å². The van der Waals surface area contributed by atoms with Crippen LogP contribution in [0, 0.1) is 0 Å². The van der Waals surface area contributed by atoms with Crippen molar-refractivity contribution in [2.24, 2.45) is 5.73 Å². The second kappa shape index (κ2) is 8.76. The standard InChI is InChI=1S/C17H28BrN/c1-3-4-5-6-7-8-9-14-17(2,19)15-10-12-16(18)13-11-15/h10-13H,3-9,14,19H2,1-2H3. The molecule has 0 spiro atoms. The summed E-state index contributed by atoms with van der Waals surface area (Å²) in [6, 6.07) is 8.41. The Bertz CT molecular complexity index is 343. The topological polar surface area (TPSA) is 26.0 Å². The van der Waals surface area contributed by atoms with Crippen LogP contribution in [0.2, 0.25) is 0 Å². The van der Waals surface area contributed by atoms with E-state index in [1.54, 1.807) is 0 Å². The van der Waals surface area contributed by atoms with E-state index in [9.17, 15) is 0 Å². The van der Waals surface area contributed by atoms with Crippen LogP contribution in [-0.4, -0.2) is 0 Å². The number of halogens is 1. The normalized spacial score (nSPS) is 14.3. The van der Waals surface area contributed by atoms with Gasteiger partial charge in [-0.15, -0.1) is 0 Å². The Hall–Kier alpha value is -0.340. The van der Waals surface area contributed by atoms with Gasteiger partial charge in [-0.3, -0.25) is 0 Å². The summed E-state index contributed by atoms with van der Waals surface area (Å²) in [5.41, 5.74) is 7.48. The summed E-state index contributed by atoms with van der Waals surface area (Å²) >= 11 is 3.47. The second-order valence-electron chi connectivity index (χ2n) is 5.80. The Morgan fingerprint density at radius 2 is 1.47 bits per heavy atom. The maximum absolute atomic E-state index is 6.44. The smallest absolute Gasteiger partial charge is 0.0381 e. The van der Waals surface area contributed by atoms with Crippen molar-refractivity contribution in [3.05, 3.63) is 34.3 Å². The Morgan fingerprint density at radius 3 is 2.05 bits per heavy atom. The largest absolute Gasteiger partial charge is 0.322 e. The van der Waals surface area contributed by atoms with Gasteiger partial charge in [0.05, 0.1) is 0 Å². The first-order valence-electron chi connectivity index (χ1n) is 7.61. The first-order chi connectivity index (χ1) is 9.06. The summed E-state index contributed by atoms with van der Waals surface area (Å²) < 4.78 is 1.11. The lowest BCUT2D eigenvalue weighted by molar-refractivity contribution is 0.421. The first kappa shape index (κ1) is 16.7. The molecular weight excluding hydrogens is 298 g/mol. The van der Waals surface area contributed by atoms with Crippen molar-refractivity contribution in [1.29, 1.82) is 0 Å². The van der Waals surface area contributed by atoms with Crippen LogP contribution < -0.4 is 5.73 Å². The zero-order valence-corrected chi connectivity index (χ0v) is 14.0. The number of nitrogens with two attached hydrogens (primary N) is 1. The van der Waals surface area contributed by atoms with Crippen molar-refractivity contribution < 1.29 is 0 Å². The van der Waals surface area contributed by atoms with Gasteiger partial charge in [-0.1, -0.05) is 79.9 Å². The molecule has 0 aliphatic carbocycles. The van der Waals surface area contributed by atoms with Crippen LogP contribution in [0.4, 0.5) is 0 Å². The minimum Gasteiger partial charge on any atom is -0.322 e. The lowest BCUT2D eigenvalue weighted by Gasteiger charge is -2.25. The fourth-order valence-corrected chi connectivity index (χ4v) is 2.69. The molecule has 1 atom stereocenters. The van der Waals surface area contributed by atoms with Gasteiger partial charge in [-0.25, -0.2) is 0 Å². The molecule has 0 bridgehead atoms. The van der Waals surface area contributed by atoms with Crippen molar-refractivity contribution in [3.63, 3.8) is 0 Å². The quantitative estimate of drug-likeness (QED) is 0.573. The van der Waals surface area contributed by atoms with Crippen molar-refractivity contribution in [2.45, 2.75) is 70.8 Å². The van der Waals surface area contributed by atoms with Gasteiger partial charge in [0, 0.05) is 10.0 Å². The fraction of sp³-hybridized carbons (Fsp3) is 0.647. The lowest BCUT2D eigenvalue weighted by atomic mass is 9.87. The van der Waals surface area contributed by atoms with E-state index >= 15 is 0 Å². The molecule has 0 aromatic heterocycles. The lowest BCUT2D eigenvalue weighted by Crippen LogP contribution is -2.32. The highest BCUT2D eigenvalue weighted by Crippen LogP contribution is 2.26. The molecule has 2 heteroatoms. The van der Waals surface area contributed by atoms with Crippen molar-refractivity contribution in [2.75, 3.05) is 0 Å². The van der Waals surface area contributed by atoms with Crippen LogP contribution in [0.5, 0.6) is 0 Å². The summed E-state index contributed by atoms with van der Waals surface area (Å²) in [6.07, 6.45) is 10.5. The average molecular weight is 326 g/mol. The third kappa shape index (κ3) is 6.58. The monoisotopic (exact) mass is 325 g/mol. The Balaban J connectivity index is 2.25. The van der Waals surface area contributed by atoms with Gasteiger partial charge in [0.15, 0.2) is 0 Å². The molecule has 0 radical (unpaired) electrons. The number of rotatable bonds is 9. The summed E-state index contributed by atoms with van der Waals surface area (Å²) in [5, 5.41) is 0. The van der Waals surface area contributed by atoms with E-state index in [-0.39, 0.29) is 5.54 Å². The van der Waals surface area contributed by atoms with E-state index < -0.39 is 0 Å². The Morgan fingerprint density at radius 1 is 0.947 bits per heavy atom. The van der Waals surface area contributed by atoms with E-state index in [2.05, 4.69) is 54.0 Å². The highest BCUT2D eigenvalue weighted by molar-refractivity contribution is 9.10. The van der Waals surface area contributed by atoms with Gasteiger partial charge in [0.2, 0.25) is 0 Å². The van der Waals surface area contributed by atoms with E-state index in [0.717, 1.165) is 10.9 Å². The molecule has 0 aliphatic rings. The molecule has 0 saturated heterocycles. The third-order valence-corrected chi connectivity index (χ3v) is 4.33. The van der Waals surface area contributed by atoms with Crippen molar-refractivity contribution in [1.82, 2.24) is 0 Å². The van der Waals surface area contributed by atoms with Gasteiger partial charge < -0.3 is 5.73 Å². The third-order valence-electron chi connectivity index (χ3n) is 3.80. The number of hydrogen-bond donors (Lipinski definition) is 1. The molecule has 108 valence electrons. The predicted octanol–water partition coefficient (Wildman–Crippen LogP) is 5.76. The van der Waals surface area contributed by atoms with E-state index in [1.807, 2.05) is 0 Å². The molecule has 1 nitrogen and oxygen atoms in total. The minimum atomic E-state index is -0.190. The summed E-state index contributed by atoms with van der Waals surface area (Å²) in [6.45, 7) is 4.41. The highest BCUT2D eigenvalue weighted by atomic mass is 79.9. The first-order valence-corrected chi connectivity index (χ1v) is 8.40. The highest BCUT2D eigenvalue weighted by Gasteiger charge is 2.20. The number of hydrogen-bond acceptors (Lipinski definition) is 1. The van der Waals surface area contributed by atoms with Gasteiger partial charge in [0.25, 0.3) is 0 Å². The van der Waals surface area contributed by atoms with E-state index in [1.165, 1.54) is 50.5 Å². The molecule has 1 rings (SSSR count). The summed E-state index contributed by atoms with van der Waals surface area (Å²) in [4.78, 5) is 0. The van der Waals surface area contributed by atoms with Crippen molar-refractivity contribution in [3.8, 4) is 0 Å². The van der Waals surface area contributed by atoms with Crippen LogP contribution in [0.3, 0.4) is 0 Å². The van der Waals surface area contributed by atoms with Crippen LogP contribution >= 0.6 is 15.9 Å². The maximum atomic E-state index is 6.44. The Kier molecular flexibility index (Phi) is 7.70. The van der Waals surface area contributed by atoms with Gasteiger partial charge in [-0.05, 0) is 31.0 Å². The van der Waals surface area contributed by atoms with Gasteiger partial charge >= 0.3 is 0 Å². The molecule has 1 unspecified atom stereocenters. The minimum absolute atomic E-state index is 0.190. The molecule has 0 amide bonds. The molecule has 2 N–H and O–H groups in total. The molecule has 0 aliphatic heterocycles. The average Bonchev–Trinajstić information content (AvgIpc) is 2.38. The van der Waals surface area contributed by atoms with E-state index in [0.29, 0.717) is 0 Å². The van der Waals surface area contributed by atoms with Crippen LogP contribution in [-0.2, 0) is 5.54 Å². The van der Waals surface area contributed by atoms with E-state index in [4.69, 9.17) is 5.73 Å². The summed E-state index contributed by atoms with van der Waals surface area (Å²) in [7, 11) is 0. The number of unbranched alkanes of at least 4 members (excludes halogenated alkanes) is 6. The zero-order valence-electron chi connectivity index (χ0n) is 12.4. The summed E-state index contributed by atoms with van der Waals surface area (Å²) in [5.74, 6) is 0. The molecule has 0 heterocycles. The van der Waals surface area contributed by atoms with Crippen LogP contribution in [0.1, 0.15) is 70.8 Å². The molecule has 19 heavy (non-hydrogen) atoms. The van der Waals surface area contributed by atoms with Crippen LogP contribution in [0.15, 0.2) is 28.7 Å². The molecule has 1 aromatic carbocycles. The molecule has 0 fully saturated rings. The van der Waals surface area contributed by atoms with Crippen LogP contribution in [0.25, 0.3) is 0 Å². The maximum Gasteiger partial charge on any atom is 0.0381 e. The molecule has 1 aromatic rings. The zero-order chi connectivity index (χ0) is 14.1. The number of benzene rings is 1. The Labute approximate surface area is 127 Å². The SMILES string of the molecule is CCCCCCCCCC(C)(N)c1ccc(Br)cc1. The van der Waals surface area contributed by atoms with Gasteiger partial charge in [0.1, 0.15) is 0 Å². The second-order valence-corrected chi connectivity index (χ2v) is 6.71. The van der Waals surface area contributed by atoms with Crippen molar-refractivity contribution >= 4 is 15.9 Å². The molecular formula is C17H28BrN. The molecule has 0 saturated carbocycles. The fourth-order valence-electron chi connectivity index (χ4n) is 2.42.